The number of fused-ring (bicyclic) bond motifs is 1. The summed E-state index contributed by atoms with van der Waals surface area (Å²) in [6, 6.07) is 6.27. The van der Waals surface area contributed by atoms with E-state index < -0.39 is 6.10 Å². The van der Waals surface area contributed by atoms with E-state index in [4.69, 9.17) is 4.98 Å². The first-order valence-corrected chi connectivity index (χ1v) is 10.6. The van der Waals surface area contributed by atoms with Crippen molar-refractivity contribution in [3.05, 3.63) is 50.9 Å². The molecule has 0 saturated carbocycles. The lowest BCUT2D eigenvalue weighted by Gasteiger charge is -2.24. The molecule has 28 heavy (non-hydrogen) atoms. The number of hydrogen-bond donors (Lipinski definition) is 2. The fourth-order valence-corrected chi connectivity index (χ4v) is 4.46. The maximum Gasteiger partial charge on any atom is 0.260 e. The van der Waals surface area contributed by atoms with Crippen LogP contribution in [0.1, 0.15) is 37.7 Å². The monoisotopic (exact) mass is 399 g/mol. The van der Waals surface area contributed by atoms with Crippen LogP contribution in [0.25, 0.3) is 21.3 Å². The van der Waals surface area contributed by atoms with Gasteiger partial charge >= 0.3 is 0 Å². The van der Waals surface area contributed by atoms with E-state index in [0.29, 0.717) is 30.2 Å². The summed E-state index contributed by atoms with van der Waals surface area (Å²) in [4.78, 5) is 23.5. The fourth-order valence-electron chi connectivity index (χ4n) is 3.50. The third-order valence-electron chi connectivity index (χ3n) is 4.83. The standard InChI is InChI=1S/C22H29N3O2S/c1-13(2)9-25(10-16(5)26)11-19-23-21(27)20-18(12-28-22(20)24-19)17-7-6-14(3)15(4)8-17/h6-8,12-13,16,26H,9-11H2,1-5H3,(H,23,24,27). The Hall–Kier alpha value is -2.02. The number of rotatable bonds is 7. The Balaban J connectivity index is 1.96. The van der Waals surface area contributed by atoms with Gasteiger partial charge in [-0.15, -0.1) is 11.3 Å². The van der Waals surface area contributed by atoms with Gasteiger partial charge in [0.1, 0.15) is 10.7 Å². The number of hydrogen-bond acceptors (Lipinski definition) is 5. The minimum atomic E-state index is -0.424. The number of thiophene rings is 1. The molecule has 0 spiro atoms. The molecule has 2 heterocycles. The van der Waals surface area contributed by atoms with Gasteiger partial charge in [0.25, 0.3) is 5.56 Å². The van der Waals surface area contributed by atoms with E-state index in [0.717, 1.165) is 22.5 Å². The van der Waals surface area contributed by atoms with E-state index in [2.05, 4.69) is 55.8 Å². The van der Waals surface area contributed by atoms with Gasteiger partial charge in [-0.1, -0.05) is 32.0 Å². The molecule has 2 N–H and O–H groups in total. The molecule has 150 valence electrons. The van der Waals surface area contributed by atoms with E-state index in [9.17, 15) is 9.90 Å². The third-order valence-corrected chi connectivity index (χ3v) is 5.70. The molecule has 0 fully saturated rings. The smallest absolute Gasteiger partial charge is 0.260 e. The van der Waals surface area contributed by atoms with Gasteiger partial charge < -0.3 is 10.1 Å². The van der Waals surface area contributed by atoms with E-state index in [1.165, 1.54) is 22.5 Å². The van der Waals surface area contributed by atoms with Crippen molar-refractivity contribution in [2.45, 2.75) is 47.3 Å². The SMILES string of the molecule is Cc1ccc(-c2csc3nc(CN(CC(C)C)CC(C)O)[nH]c(=O)c23)cc1C. The number of aliphatic hydroxyl groups excluding tert-OH is 1. The Morgan fingerprint density at radius 2 is 1.93 bits per heavy atom. The van der Waals surface area contributed by atoms with Crippen LogP contribution in [0.5, 0.6) is 0 Å². The minimum absolute atomic E-state index is 0.101. The van der Waals surface area contributed by atoms with Gasteiger partial charge in [-0.3, -0.25) is 9.69 Å². The average Bonchev–Trinajstić information content (AvgIpc) is 3.00. The molecule has 2 aromatic heterocycles. The highest BCUT2D eigenvalue weighted by Crippen LogP contribution is 2.31. The Kier molecular flexibility index (Phi) is 6.33. The highest BCUT2D eigenvalue weighted by molar-refractivity contribution is 7.17. The molecular weight excluding hydrogens is 370 g/mol. The maximum absolute atomic E-state index is 12.9. The van der Waals surface area contributed by atoms with Gasteiger partial charge in [0.2, 0.25) is 0 Å². The molecule has 1 atom stereocenters. The number of benzene rings is 1. The number of aryl methyl sites for hydroxylation is 2. The molecule has 1 unspecified atom stereocenters. The van der Waals surface area contributed by atoms with Crippen molar-refractivity contribution >= 4 is 21.6 Å². The summed E-state index contributed by atoms with van der Waals surface area (Å²) in [5.41, 5.74) is 4.33. The van der Waals surface area contributed by atoms with Crippen molar-refractivity contribution < 1.29 is 5.11 Å². The molecule has 0 amide bonds. The van der Waals surface area contributed by atoms with Crippen LogP contribution in [-0.2, 0) is 6.54 Å². The molecule has 0 aliphatic carbocycles. The van der Waals surface area contributed by atoms with Crippen molar-refractivity contribution in [3.63, 3.8) is 0 Å². The van der Waals surface area contributed by atoms with Crippen LogP contribution in [0.3, 0.4) is 0 Å². The van der Waals surface area contributed by atoms with Gasteiger partial charge in [0.15, 0.2) is 0 Å². The first-order chi connectivity index (χ1) is 13.2. The molecule has 3 aromatic rings. The van der Waals surface area contributed by atoms with Crippen molar-refractivity contribution in [1.29, 1.82) is 0 Å². The predicted octanol–water partition coefficient (Wildman–Crippen LogP) is 4.11. The summed E-state index contributed by atoms with van der Waals surface area (Å²) in [7, 11) is 0. The highest BCUT2D eigenvalue weighted by atomic mass is 32.1. The Bertz CT molecular complexity index is 1010. The number of aromatic amines is 1. The predicted molar refractivity (Wildman–Crippen MR) is 117 cm³/mol. The van der Waals surface area contributed by atoms with E-state index >= 15 is 0 Å². The average molecular weight is 400 g/mol. The molecule has 0 aliphatic heterocycles. The largest absolute Gasteiger partial charge is 0.392 e. The molecule has 0 saturated heterocycles. The normalized spacial score (nSPS) is 13.0. The summed E-state index contributed by atoms with van der Waals surface area (Å²) in [6.45, 7) is 12.1. The zero-order chi connectivity index (χ0) is 20.4. The number of aromatic nitrogens is 2. The van der Waals surface area contributed by atoms with Gasteiger partial charge in [0.05, 0.1) is 18.0 Å². The van der Waals surface area contributed by atoms with Crippen LogP contribution < -0.4 is 5.56 Å². The first-order valence-electron chi connectivity index (χ1n) is 9.73. The second kappa shape index (κ2) is 8.55. The third kappa shape index (κ3) is 4.69. The van der Waals surface area contributed by atoms with Crippen LogP contribution in [0.4, 0.5) is 0 Å². The van der Waals surface area contributed by atoms with Crippen LogP contribution >= 0.6 is 11.3 Å². The molecular formula is C22H29N3O2S. The zero-order valence-electron chi connectivity index (χ0n) is 17.2. The van der Waals surface area contributed by atoms with Crippen LogP contribution in [0.15, 0.2) is 28.4 Å². The van der Waals surface area contributed by atoms with Crippen LogP contribution in [0.2, 0.25) is 0 Å². The number of aliphatic hydroxyl groups is 1. The van der Waals surface area contributed by atoms with Crippen LogP contribution in [-0.4, -0.2) is 39.2 Å². The molecule has 5 nitrogen and oxygen atoms in total. The van der Waals surface area contributed by atoms with Crippen molar-refractivity contribution in [3.8, 4) is 11.1 Å². The maximum atomic E-state index is 12.9. The van der Waals surface area contributed by atoms with Gasteiger partial charge in [-0.25, -0.2) is 4.98 Å². The number of H-pyrrole nitrogens is 1. The summed E-state index contributed by atoms with van der Waals surface area (Å²) in [5.74, 6) is 1.11. The Morgan fingerprint density at radius 1 is 1.18 bits per heavy atom. The molecule has 1 aromatic carbocycles. The van der Waals surface area contributed by atoms with Crippen molar-refractivity contribution in [2.75, 3.05) is 13.1 Å². The van der Waals surface area contributed by atoms with Crippen molar-refractivity contribution in [2.24, 2.45) is 5.92 Å². The van der Waals surface area contributed by atoms with E-state index in [-0.39, 0.29) is 5.56 Å². The lowest BCUT2D eigenvalue weighted by atomic mass is 10.0. The van der Waals surface area contributed by atoms with E-state index in [1.54, 1.807) is 6.92 Å². The Morgan fingerprint density at radius 3 is 2.57 bits per heavy atom. The first kappa shape index (κ1) is 20.7. The zero-order valence-corrected chi connectivity index (χ0v) is 18.1. The van der Waals surface area contributed by atoms with Crippen molar-refractivity contribution in [1.82, 2.24) is 14.9 Å². The topological polar surface area (TPSA) is 69.2 Å². The minimum Gasteiger partial charge on any atom is -0.392 e. The fraction of sp³-hybridized carbons (Fsp3) is 0.455. The quantitative estimate of drug-likeness (QED) is 0.627. The molecule has 0 bridgehead atoms. The summed E-state index contributed by atoms with van der Waals surface area (Å²) in [6.07, 6.45) is -0.424. The lowest BCUT2D eigenvalue weighted by molar-refractivity contribution is 0.113. The van der Waals surface area contributed by atoms with Gasteiger partial charge in [0, 0.05) is 24.0 Å². The van der Waals surface area contributed by atoms with E-state index in [1.807, 2.05) is 5.38 Å². The van der Waals surface area contributed by atoms with Gasteiger partial charge in [-0.2, -0.15) is 0 Å². The lowest BCUT2D eigenvalue weighted by Crippen LogP contribution is -2.34. The second-order valence-corrected chi connectivity index (χ2v) is 8.94. The molecule has 3 rings (SSSR count). The summed E-state index contributed by atoms with van der Waals surface area (Å²) in [5, 5.41) is 12.5. The Labute approximate surface area is 170 Å². The molecule has 6 heteroatoms. The second-order valence-electron chi connectivity index (χ2n) is 8.08. The summed E-state index contributed by atoms with van der Waals surface area (Å²) < 4.78 is 0. The van der Waals surface area contributed by atoms with Crippen LogP contribution in [0, 0.1) is 19.8 Å². The van der Waals surface area contributed by atoms with Gasteiger partial charge in [-0.05, 0) is 43.4 Å². The molecule has 0 aliphatic rings. The number of nitrogens with one attached hydrogen (secondary N) is 1. The number of nitrogens with zero attached hydrogens (tertiary/aromatic N) is 2. The highest BCUT2D eigenvalue weighted by Gasteiger charge is 2.16. The molecule has 0 radical (unpaired) electrons. The summed E-state index contributed by atoms with van der Waals surface area (Å²) >= 11 is 1.50.